The molecule has 162 valence electrons. The number of nitrogens with zero attached hydrogens (tertiary/aromatic N) is 2. The summed E-state index contributed by atoms with van der Waals surface area (Å²) >= 11 is 0. The van der Waals surface area contributed by atoms with Gasteiger partial charge in [0.1, 0.15) is 0 Å². The third kappa shape index (κ3) is 4.78. The fourth-order valence-corrected chi connectivity index (χ4v) is 3.92. The van der Waals surface area contributed by atoms with E-state index in [1.54, 1.807) is 0 Å². The third-order valence-corrected chi connectivity index (χ3v) is 5.54. The van der Waals surface area contributed by atoms with Gasteiger partial charge >= 0.3 is 0 Å². The van der Waals surface area contributed by atoms with Crippen LogP contribution in [0.1, 0.15) is 37.8 Å². The molecule has 0 fully saturated rings. The number of nitrogens with one attached hydrogen (secondary N) is 1. The molecule has 0 radical (unpaired) electrons. The molecule has 4 rings (SSSR count). The van der Waals surface area contributed by atoms with Gasteiger partial charge in [-0.15, -0.1) is 0 Å². The number of allylic oxidation sites excluding steroid dienone is 4. The largest absolute Gasteiger partial charge is 0.292 e. The van der Waals surface area contributed by atoms with E-state index < -0.39 is 0 Å². The minimum atomic E-state index is 0.677. The van der Waals surface area contributed by atoms with Crippen molar-refractivity contribution in [1.82, 2.24) is 0 Å². The van der Waals surface area contributed by atoms with Crippen molar-refractivity contribution in [3.05, 3.63) is 114 Å². The molecule has 0 atom stereocenters. The Labute approximate surface area is 191 Å². The Morgan fingerprint density at radius 1 is 0.750 bits per heavy atom. The Bertz CT molecular complexity index is 1210. The highest BCUT2D eigenvalue weighted by atomic mass is 15.3. The fourth-order valence-electron chi connectivity index (χ4n) is 3.92. The van der Waals surface area contributed by atoms with Gasteiger partial charge in [-0.05, 0) is 22.6 Å². The van der Waals surface area contributed by atoms with Crippen molar-refractivity contribution < 1.29 is 0 Å². The number of anilines is 1. The summed E-state index contributed by atoms with van der Waals surface area (Å²) in [5.41, 5.74) is 10.7. The molecule has 3 aromatic carbocycles. The first-order valence-corrected chi connectivity index (χ1v) is 11.1. The van der Waals surface area contributed by atoms with E-state index in [9.17, 15) is 0 Å². The molecule has 1 aliphatic rings. The van der Waals surface area contributed by atoms with Gasteiger partial charge in [-0.25, -0.2) is 0 Å². The van der Waals surface area contributed by atoms with Crippen LogP contribution in [0.3, 0.4) is 0 Å². The van der Waals surface area contributed by atoms with Crippen molar-refractivity contribution in [3.63, 3.8) is 0 Å². The highest BCUT2D eigenvalue weighted by Gasteiger charge is 2.20. The lowest BCUT2D eigenvalue weighted by Gasteiger charge is -2.20. The summed E-state index contributed by atoms with van der Waals surface area (Å²) in [7, 11) is 1.84. The average molecular weight is 422 g/mol. The summed E-state index contributed by atoms with van der Waals surface area (Å²) in [5, 5.41) is 7.20. The van der Waals surface area contributed by atoms with Crippen molar-refractivity contribution >= 4 is 27.9 Å². The number of hydrogen-bond acceptors (Lipinski definition) is 3. The van der Waals surface area contributed by atoms with Gasteiger partial charge in [0.15, 0.2) is 0 Å². The van der Waals surface area contributed by atoms with Crippen molar-refractivity contribution in [1.29, 1.82) is 0 Å². The predicted molar refractivity (Wildman–Crippen MR) is 141 cm³/mol. The van der Waals surface area contributed by atoms with Crippen molar-refractivity contribution in [2.24, 2.45) is 10.1 Å². The Balaban J connectivity index is 0.00000141. The zero-order valence-electron chi connectivity index (χ0n) is 19.2. The summed E-state index contributed by atoms with van der Waals surface area (Å²) in [6.45, 7) is 12.1. The highest BCUT2D eigenvalue weighted by Crippen LogP contribution is 2.28. The van der Waals surface area contributed by atoms with E-state index in [4.69, 9.17) is 5.10 Å². The Hall–Kier alpha value is -3.72. The number of hydrazone groups is 1. The van der Waals surface area contributed by atoms with Gasteiger partial charge in [0, 0.05) is 42.1 Å². The zero-order valence-corrected chi connectivity index (χ0v) is 19.2. The zero-order chi connectivity index (χ0) is 22.9. The molecule has 0 aromatic heterocycles. The van der Waals surface area contributed by atoms with Crippen LogP contribution in [-0.4, -0.2) is 18.5 Å². The Kier molecular flexibility index (Phi) is 7.93. The van der Waals surface area contributed by atoms with Gasteiger partial charge in [-0.3, -0.25) is 10.4 Å². The van der Waals surface area contributed by atoms with Gasteiger partial charge in [-0.1, -0.05) is 99.8 Å². The molecule has 0 bridgehead atoms. The van der Waals surface area contributed by atoms with Crippen molar-refractivity contribution in [2.45, 2.75) is 26.7 Å². The molecule has 0 saturated heterocycles. The van der Waals surface area contributed by atoms with Gasteiger partial charge in [0.2, 0.25) is 0 Å². The molecule has 3 heteroatoms. The second-order valence-corrected chi connectivity index (χ2v) is 7.23. The highest BCUT2D eigenvalue weighted by molar-refractivity contribution is 6.15. The maximum Gasteiger partial charge on any atom is 0.0729 e. The first-order chi connectivity index (χ1) is 15.7. The quantitative estimate of drug-likeness (QED) is 0.433. The van der Waals surface area contributed by atoms with Crippen LogP contribution in [0.4, 0.5) is 5.69 Å². The third-order valence-electron chi connectivity index (χ3n) is 5.54. The molecule has 3 aromatic rings. The van der Waals surface area contributed by atoms with Gasteiger partial charge in [-0.2, -0.15) is 5.10 Å². The van der Waals surface area contributed by atoms with Gasteiger partial charge in [0.05, 0.1) is 11.4 Å². The normalized spacial score (nSPS) is 18.2. The first-order valence-electron chi connectivity index (χ1n) is 11.1. The number of fused-ring (bicyclic) bond motifs is 2. The summed E-state index contributed by atoms with van der Waals surface area (Å²) < 4.78 is 0. The number of rotatable bonds is 4. The van der Waals surface area contributed by atoms with Gasteiger partial charge < -0.3 is 0 Å². The van der Waals surface area contributed by atoms with Crippen LogP contribution < -0.4 is 5.43 Å². The van der Waals surface area contributed by atoms with Crippen molar-refractivity contribution in [2.75, 3.05) is 12.5 Å². The SMILES string of the molecule is C=C/C1=C(\C=C)C/C(=N\Nc2cccc3ccccc23)c2ccccc2C(=NC)C1.CC. The van der Waals surface area contributed by atoms with E-state index in [2.05, 4.69) is 60.0 Å². The number of aliphatic imine (C=N–C) groups is 1. The molecular formula is C29H31N3. The monoisotopic (exact) mass is 421 g/mol. The van der Waals surface area contributed by atoms with Crippen LogP contribution in [-0.2, 0) is 0 Å². The molecule has 0 heterocycles. The molecule has 0 unspecified atom stereocenters. The molecule has 1 aliphatic carbocycles. The fraction of sp³-hybridized carbons (Fsp3) is 0.172. The minimum absolute atomic E-state index is 0.677. The molecule has 0 amide bonds. The predicted octanol–water partition coefficient (Wildman–Crippen LogP) is 7.56. The molecule has 0 spiro atoms. The van der Waals surface area contributed by atoms with Crippen LogP contribution in [0.15, 0.2) is 113 Å². The molecule has 3 nitrogen and oxygen atoms in total. The Morgan fingerprint density at radius 3 is 1.97 bits per heavy atom. The van der Waals surface area contributed by atoms with E-state index in [0.29, 0.717) is 6.42 Å². The first kappa shape index (κ1) is 23.0. The van der Waals surface area contributed by atoms with Crippen LogP contribution in [0.5, 0.6) is 0 Å². The molecule has 1 N–H and O–H groups in total. The van der Waals surface area contributed by atoms with E-state index in [-0.39, 0.29) is 0 Å². The standard InChI is InChI=1S/C27H25N3.C2H6/c1-4-19-17-26(28-3)23-14-8-9-15-24(23)27(18-20(19)5-2)30-29-25-16-10-12-21-11-6-7-13-22(21)25;1-2/h4-16,29H,1-2,17-18H2,3H3;1-2H3/b20-19-,28-26?,30-27+;. The summed E-state index contributed by atoms with van der Waals surface area (Å²) in [4.78, 5) is 4.58. The molecule has 0 saturated carbocycles. The minimum Gasteiger partial charge on any atom is -0.292 e. The van der Waals surface area contributed by atoms with E-state index in [1.807, 2.05) is 63.4 Å². The van der Waals surface area contributed by atoms with Crippen molar-refractivity contribution in [3.8, 4) is 0 Å². The van der Waals surface area contributed by atoms with Crippen LogP contribution in [0, 0.1) is 0 Å². The summed E-state index contributed by atoms with van der Waals surface area (Å²) in [5.74, 6) is 0. The molecular weight excluding hydrogens is 390 g/mol. The van der Waals surface area contributed by atoms with E-state index in [1.165, 1.54) is 5.39 Å². The number of benzene rings is 3. The average Bonchev–Trinajstić information content (AvgIpc) is 2.86. The molecule has 0 aliphatic heterocycles. The van der Waals surface area contributed by atoms with E-state index >= 15 is 0 Å². The lowest BCUT2D eigenvalue weighted by Crippen LogP contribution is -2.17. The maximum atomic E-state index is 4.88. The van der Waals surface area contributed by atoms with Crippen LogP contribution in [0.2, 0.25) is 0 Å². The van der Waals surface area contributed by atoms with Crippen LogP contribution >= 0.6 is 0 Å². The van der Waals surface area contributed by atoms with E-state index in [0.717, 1.165) is 51.2 Å². The van der Waals surface area contributed by atoms with Crippen LogP contribution in [0.25, 0.3) is 10.8 Å². The summed E-state index contributed by atoms with van der Waals surface area (Å²) in [6.07, 6.45) is 5.23. The lowest BCUT2D eigenvalue weighted by atomic mass is 9.86. The lowest BCUT2D eigenvalue weighted by molar-refractivity contribution is 1.17. The second-order valence-electron chi connectivity index (χ2n) is 7.23. The summed E-state index contributed by atoms with van der Waals surface area (Å²) in [6, 6.07) is 22.8. The number of hydrogen-bond donors (Lipinski definition) is 1. The smallest absolute Gasteiger partial charge is 0.0729 e. The maximum absolute atomic E-state index is 4.88. The second kappa shape index (κ2) is 11.1. The Morgan fingerprint density at radius 2 is 1.31 bits per heavy atom. The molecule has 32 heavy (non-hydrogen) atoms. The van der Waals surface area contributed by atoms with Gasteiger partial charge in [0.25, 0.3) is 0 Å². The topological polar surface area (TPSA) is 36.8 Å².